The van der Waals surface area contributed by atoms with Gasteiger partial charge in [-0.1, -0.05) is 6.07 Å². The lowest BCUT2D eigenvalue weighted by Crippen LogP contribution is -2.14. The first kappa shape index (κ1) is 13.7. The molecule has 20 heavy (non-hydrogen) atoms. The van der Waals surface area contributed by atoms with Crippen molar-refractivity contribution < 1.29 is 18.7 Å². The van der Waals surface area contributed by atoms with E-state index in [0.717, 1.165) is 12.3 Å². The molecule has 0 bridgehead atoms. The number of halogens is 1. The SMILES string of the molecule is COC(=O)c1cccc(NC(=O)c2ccc(F)cn2)c1. The standard InChI is InChI=1S/C14H11FN2O3/c1-20-14(19)9-3-2-4-11(7-9)17-13(18)12-6-5-10(15)8-16-12/h2-8H,1H3,(H,17,18). The number of rotatable bonds is 3. The molecule has 0 aliphatic carbocycles. The van der Waals surface area contributed by atoms with Crippen molar-refractivity contribution in [2.24, 2.45) is 0 Å². The molecule has 1 amide bonds. The third kappa shape index (κ3) is 3.17. The van der Waals surface area contributed by atoms with E-state index in [9.17, 15) is 14.0 Å². The smallest absolute Gasteiger partial charge is 0.337 e. The van der Waals surface area contributed by atoms with E-state index in [1.807, 2.05) is 0 Å². The van der Waals surface area contributed by atoms with E-state index in [1.54, 1.807) is 18.2 Å². The number of aromatic nitrogens is 1. The predicted molar refractivity (Wildman–Crippen MR) is 69.9 cm³/mol. The first-order valence-electron chi connectivity index (χ1n) is 5.71. The number of hydrogen-bond acceptors (Lipinski definition) is 4. The average molecular weight is 274 g/mol. The van der Waals surface area contributed by atoms with Gasteiger partial charge in [0.15, 0.2) is 0 Å². The zero-order valence-corrected chi connectivity index (χ0v) is 10.6. The molecule has 0 saturated heterocycles. The summed E-state index contributed by atoms with van der Waals surface area (Å²) in [5, 5.41) is 2.57. The van der Waals surface area contributed by atoms with Gasteiger partial charge in [0, 0.05) is 5.69 Å². The van der Waals surface area contributed by atoms with E-state index in [1.165, 1.54) is 19.2 Å². The van der Waals surface area contributed by atoms with Crippen molar-refractivity contribution in [3.05, 3.63) is 59.7 Å². The zero-order valence-electron chi connectivity index (χ0n) is 10.6. The lowest BCUT2D eigenvalue weighted by Gasteiger charge is -2.06. The monoisotopic (exact) mass is 274 g/mol. The first-order valence-corrected chi connectivity index (χ1v) is 5.71. The van der Waals surface area contributed by atoms with Gasteiger partial charge < -0.3 is 10.1 Å². The molecule has 0 aliphatic rings. The molecular weight excluding hydrogens is 263 g/mol. The predicted octanol–water partition coefficient (Wildman–Crippen LogP) is 2.26. The van der Waals surface area contributed by atoms with Gasteiger partial charge in [0.25, 0.3) is 5.91 Å². The number of ether oxygens (including phenoxy) is 1. The molecule has 1 aromatic carbocycles. The minimum Gasteiger partial charge on any atom is -0.465 e. The number of nitrogens with zero attached hydrogens (tertiary/aromatic N) is 1. The topological polar surface area (TPSA) is 68.3 Å². The van der Waals surface area contributed by atoms with Gasteiger partial charge in [-0.25, -0.2) is 14.2 Å². The van der Waals surface area contributed by atoms with Crippen LogP contribution in [-0.2, 0) is 4.74 Å². The van der Waals surface area contributed by atoms with Crippen molar-refractivity contribution in [1.82, 2.24) is 4.98 Å². The number of amides is 1. The average Bonchev–Trinajstić information content (AvgIpc) is 2.47. The van der Waals surface area contributed by atoms with Crippen molar-refractivity contribution in [3.8, 4) is 0 Å². The van der Waals surface area contributed by atoms with E-state index in [2.05, 4.69) is 15.0 Å². The fraction of sp³-hybridized carbons (Fsp3) is 0.0714. The molecular formula is C14H11FN2O3. The second kappa shape index (κ2) is 5.92. The molecule has 0 spiro atoms. The lowest BCUT2D eigenvalue weighted by molar-refractivity contribution is 0.0600. The number of pyridine rings is 1. The van der Waals surface area contributed by atoms with Crippen LogP contribution in [0.3, 0.4) is 0 Å². The molecule has 0 aliphatic heterocycles. The number of benzene rings is 1. The number of esters is 1. The Bertz CT molecular complexity index is 641. The third-order valence-electron chi connectivity index (χ3n) is 2.50. The molecule has 5 nitrogen and oxygen atoms in total. The van der Waals surface area contributed by atoms with Gasteiger partial charge in [0.1, 0.15) is 11.5 Å². The Morgan fingerprint density at radius 1 is 1.25 bits per heavy atom. The van der Waals surface area contributed by atoms with Crippen LogP contribution in [0.5, 0.6) is 0 Å². The third-order valence-corrected chi connectivity index (χ3v) is 2.50. The van der Waals surface area contributed by atoms with Gasteiger partial charge in [-0.05, 0) is 30.3 Å². The Balaban J connectivity index is 2.15. The maximum absolute atomic E-state index is 12.7. The van der Waals surface area contributed by atoms with Gasteiger partial charge in [-0.3, -0.25) is 4.79 Å². The summed E-state index contributed by atoms with van der Waals surface area (Å²) in [5.41, 5.74) is 0.816. The molecule has 102 valence electrons. The molecule has 0 fully saturated rings. The van der Waals surface area contributed by atoms with E-state index in [-0.39, 0.29) is 5.69 Å². The summed E-state index contributed by atoms with van der Waals surface area (Å²) in [5.74, 6) is -1.51. The van der Waals surface area contributed by atoms with Gasteiger partial charge in [0.05, 0.1) is 18.9 Å². The molecule has 1 N–H and O–H groups in total. The first-order chi connectivity index (χ1) is 9.60. The maximum Gasteiger partial charge on any atom is 0.337 e. The largest absolute Gasteiger partial charge is 0.465 e. The fourth-order valence-electron chi connectivity index (χ4n) is 1.55. The van der Waals surface area contributed by atoms with Crippen molar-refractivity contribution in [2.45, 2.75) is 0 Å². The van der Waals surface area contributed by atoms with Crippen LogP contribution >= 0.6 is 0 Å². The maximum atomic E-state index is 12.7. The Labute approximate surface area is 114 Å². The van der Waals surface area contributed by atoms with E-state index in [0.29, 0.717) is 11.3 Å². The van der Waals surface area contributed by atoms with Crippen LogP contribution in [0.4, 0.5) is 10.1 Å². The summed E-state index contributed by atoms with van der Waals surface area (Å²) in [6, 6.07) is 8.69. The number of carbonyl (C=O) groups is 2. The molecule has 1 aromatic heterocycles. The minimum atomic E-state index is -0.519. The van der Waals surface area contributed by atoms with E-state index in [4.69, 9.17) is 0 Å². The zero-order chi connectivity index (χ0) is 14.5. The van der Waals surface area contributed by atoms with Gasteiger partial charge in [-0.15, -0.1) is 0 Å². The highest BCUT2D eigenvalue weighted by molar-refractivity contribution is 6.03. The fourth-order valence-corrected chi connectivity index (χ4v) is 1.55. The van der Waals surface area contributed by atoms with Gasteiger partial charge in [-0.2, -0.15) is 0 Å². The number of anilines is 1. The van der Waals surface area contributed by atoms with E-state index < -0.39 is 17.7 Å². The highest BCUT2D eigenvalue weighted by atomic mass is 19.1. The van der Waals surface area contributed by atoms with Crippen LogP contribution in [-0.4, -0.2) is 24.0 Å². The van der Waals surface area contributed by atoms with Crippen molar-refractivity contribution >= 4 is 17.6 Å². The molecule has 0 saturated carbocycles. The van der Waals surface area contributed by atoms with Gasteiger partial charge in [0.2, 0.25) is 0 Å². The molecule has 2 aromatic rings. The Hall–Kier alpha value is -2.76. The molecule has 0 atom stereocenters. The molecule has 1 heterocycles. The van der Waals surface area contributed by atoms with Crippen molar-refractivity contribution in [3.63, 3.8) is 0 Å². The lowest BCUT2D eigenvalue weighted by atomic mass is 10.2. The summed E-state index contributed by atoms with van der Waals surface area (Å²) in [6.07, 6.45) is 0.958. The molecule has 0 unspecified atom stereocenters. The summed E-state index contributed by atoms with van der Waals surface area (Å²) in [4.78, 5) is 26.9. The van der Waals surface area contributed by atoms with E-state index >= 15 is 0 Å². The van der Waals surface area contributed by atoms with Crippen molar-refractivity contribution in [1.29, 1.82) is 0 Å². The highest BCUT2D eigenvalue weighted by Gasteiger charge is 2.10. The minimum absolute atomic E-state index is 0.0786. The van der Waals surface area contributed by atoms with Crippen LogP contribution in [0.2, 0.25) is 0 Å². The highest BCUT2D eigenvalue weighted by Crippen LogP contribution is 2.12. The Kier molecular flexibility index (Phi) is 4.05. The number of hydrogen-bond donors (Lipinski definition) is 1. The second-order valence-electron chi connectivity index (χ2n) is 3.89. The van der Waals surface area contributed by atoms with Crippen LogP contribution in [0, 0.1) is 5.82 Å². The summed E-state index contributed by atoms with van der Waals surface area (Å²) in [7, 11) is 1.27. The van der Waals surface area contributed by atoms with Gasteiger partial charge >= 0.3 is 5.97 Å². The quantitative estimate of drug-likeness (QED) is 0.872. The molecule has 2 rings (SSSR count). The van der Waals surface area contributed by atoms with Crippen LogP contribution in [0.1, 0.15) is 20.8 Å². The Morgan fingerprint density at radius 2 is 2.05 bits per heavy atom. The number of carbonyl (C=O) groups excluding carboxylic acids is 2. The van der Waals surface area contributed by atoms with Crippen LogP contribution < -0.4 is 5.32 Å². The second-order valence-corrected chi connectivity index (χ2v) is 3.89. The summed E-state index contributed by atoms with van der Waals surface area (Å²) >= 11 is 0. The number of nitrogens with one attached hydrogen (secondary N) is 1. The van der Waals surface area contributed by atoms with Crippen LogP contribution in [0.25, 0.3) is 0 Å². The summed E-state index contributed by atoms with van der Waals surface area (Å²) in [6.45, 7) is 0. The normalized spacial score (nSPS) is 9.90. The molecule has 6 heteroatoms. The summed E-state index contributed by atoms with van der Waals surface area (Å²) < 4.78 is 17.3. The number of methoxy groups -OCH3 is 1. The molecule has 0 radical (unpaired) electrons. The van der Waals surface area contributed by atoms with Crippen molar-refractivity contribution in [2.75, 3.05) is 12.4 Å². The van der Waals surface area contributed by atoms with Crippen LogP contribution in [0.15, 0.2) is 42.6 Å². The Morgan fingerprint density at radius 3 is 2.70 bits per heavy atom.